The molecule has 1 atom stereocenters. The Morgan fingerprint density at radius 3 is 2.50 bits per heavy atom. The van der Waals surface area contributed by atoms with Gasteiger partial charge in [-0.05, 0) is 24.1 Å². The Labute approximate surface area is 140 Å². The van der Waals surface area contributed by atoms with E-state index in [0.29, 0.717) is 12.0 Å². The average molecular weight is 357 g/mol. The molecule has 2 rings (SSSR count). The summed E-state index contributed by atoms with van der Waals surface area (Å²) in [7, 11) is -1.90. The van der Waals surface area contributed by atoms with E-state index in [1.807, 2.05) is 0 Å². The number of hydrogen-bond acceptors (Lipinski definition) is 5. The Bertz CT molecular complexity index is 702. The van der Waals surface area contributed by atoms with Crippen LogP contribution in [0.2, 0.25) is 0 Å². The quantitative estimate of drug-likeness (QED) is 0.708. The van der Waals surface area contributed by atoms with Crippen LogP contribution in [0, 0.1) is 5.82 Å². The van der Waals surface area contributed by atoms with Crippen LogP contribution >= 0.6 is 0 Å². The molecule has 1 aromatic carbocycles. The van der Waals surface area contributed by atoms with Gasteiger partial charge in [0.1, 0.15) is 5.82 Å². The molecule has 1 saturated heterocycles. The van der Waals surface area contributed by atoms with Gasteiger partial charge in [0.25, 0.3) is 0 Å². The first-order chi connectivity index (χ1) is 11.3. The second-order valence-electron chi connectivity index (χ2n) is 5.77. The van der Waals surface area contributed by atoms with Crippen molar-refractivity contribution in [1.29, 1.82) is 0 Å². The lowest BCUT2D eigenvalue weighted by molar-refractivity contribution is -0.142. The Hall–Kier alpha value is -1.96. The van der Waals surface area contributed by atoms with Gasteiger partial charge in [0.2, 0.25) is 5.91 Å². The Kier molecular flexibility index (Phi) is 5.93. The van der Waals surface area contributed by atoms with Crippen LogP contribution in [0.25, 0.3) is 0 Å². The summed E-state index contributed by atoms with van der Waals surface area (Å²) in [6.07, 6.45) is 0.388. The molecule has 0 spiro atoms. The van der Waals surface area contributed by atoms with Gasteiger partial charge in [-0.3, -0.25) is 9.59 Å². The summed E-state index contributed by atoms with van der Waals surface area (Å²) in [5, 5.41) is 0. The lowest BCUT2D eigenvalue weighted by atomic mass is 10.1. The van der Waals surface area contributed by atoms with E-state index in [1.54, 1.807) is 0 Å². The number of amides is 1. The van der Waals surface area contributed by atoms with Crippen LogP contribution in [0.1, 0.15) is 18.4 Å². The van der Waals surface area contributed by atoms with Gasteiger partial charge in [0, 0.05) is 12.6 Å². The Balaban J connectivity index is 2.10. The van der Waals surface area contributed by atoms with Crippen LogP contribution in [0.15, 0.2) is 24.3 Å². The fourth-order valence-electron chi connectivity index (χ4n) is 2.72. The van der Waals surface area contributed by atoms with E-state index in [1.165, 1.54) is 36.3 Å². The Morgan fingerprint density at radius 1 is 1.29 bits per heavy atom. The minimum atomic E-state index is -3.16. The monoisotopic (exact) mass is 357 g/mol. The molecule has 1 aromatic rings. The second-order valence-corrected chi connectivity index (χ2v) is 8.00. The highest BCUT2D eigenvalue weighted by atomic mass is 32.2. The molecule has 0 radical (unpaired) electrons. The molecule has 0 unspecified atom stereocenters. The van der Waals surface area contributed by atoms with Crippen LogP contribution in [0.5, 0.6) is 0 Å². The lowest BCUT2D eigenvalue weighted by Crippen LogP contribution is -2.43. The number of benzene rings is 1. The van der Waals surface area contributed by atoms with E-state index >= 15 is 0 Å². The fraction of sp³-hybridized carbons (Fsp3) is 0.500. The predicted molar refractivity (Wildman–Crippen MR) is 85.5 cm³/mol. The van der Waals surface area contributed by atoms with Gasteiger partial charge in [-0.15, -0.1) is 0 Å². The van der Waals surface area contributed by atoms with Gasteiger partial charge in [-0.25, -0.2) is 12.8 Å². The van der Waals surface area contributed by atoms with E-state index < -0.39 is 27.7 Å². The van der Waals surface area contributed by atoms with Crippen molar-refractivity contribution in [2.75, 3.05) is 25.2 Å². The van der Waals surface area contributed by atoms with E-state index in [-0.39, 0.29) is 36.8 Å². The maximum atomic E-state index is 12.9. The third-order valence-electron chi connectivity index (χ3n) is 4.02. The SMILES string of the molecule is COC(=O)CCN(C(=O)Cc1ccc(F)cc1)[C@H]1CCS(=O)(=O)C1. The van der Waals surface area contributed by atoms with Gasteiger partial charge in [0.15, 0.2) is 9.84 Å². The molecule has 0 bridgehead atoms. The zero-order chi connectivity index (χ0) is 17.7. The first kappa shape index (κ1) is 18.4. The summed E-state index contributed by atoms with van der Waals surface area (Å²) in [6.45, 7) is 0.104. The highest BCUT2D eigenvalue weighted by Gasteiger charge is 2.34. The first-order valence-electron chi connectivity index (χ1n) is 7.62. The molecule has 1 aliphatic rings. The van der Waals surface area contributed by atoms with E-state index in [4.69, 9.17) is 0 Å². The van der Waals surface area contributed by atoms with Crippen LogP contribution in [-0.4, -0.2) is 56.4 Å². The van der Waals surface area contributed by atoms with Crippen molar-refractivity contribution >= 4 is 21.7 Å². The van der Waals surface area contributed by atoms with Crippen molar-refractivity contribution in [3.63, 3.8) is 0 Å². The minimum absolute atomic E-state index is 0.00219. The zero-order valence-electron chi connectivity index (χ0n) is 13.4. The summed E-state index contributed by atoms with van der Waals surface area (Å²) in [5.41, 5.74) is 0.630. The van der Waals surface area contributed by atoms with Crippen LogP contribution in [0.4, 0.5) is 4.39 Å². The molecule has 0 aromatic heterocycles. The van der Waals surface area contributed by atoms with Gasteiger partial charge in [-0.1, -0.05) is 12.1 Å². The first-order valence-corrected chi connectivity index (χ1v) is 9.44. The number of carbonyl (C=O) groups excluding carboxylic acids is 2. The summed E-state index contributed by atoms with van der Waals surface area (Å²) < 4.78 is 40.9. The molecular formula is C16H20FNO5S. The standard InChI is InChI=1S/C16H20FNO5S/c1-23-16(20)6-8-18(14-7-9-24(21,22)11-14)15(19)10-12-2-4-13(17)5-3-12/h2-5,14H,6-11H2,1H3/t14-/m0/s1. The molecule has 1 amide bonds. The van der Waals surface area contributed by atoms with E-state index in [9.17, 15) is 22.4 Å². The van der Waals surface area contributed by atoms with Gasteiger partial charge >= 0.3 is 5.97 Å². The van der Waals surface area contributed by atoms with Gasteiger partial charge in [0.05, 0.1) is 31.5 Å². The summed E-state index contributed by atoms with van der Waals surface area (Å²) in [4.78, 5) is 25.4. The topological polar surface area (TPSA) is 80.8 Å². The number of halogens is 1. The van der Waals surface area contributed by atoms with Crippen molar-refractivity contribution < 1.29 is 27.1 Å². The van der Waals surface area contributed by atoms with Crippen LogP contribution < -0.4 is 0 Å². The zero-order valence-corrected chi connectivity index (χ0v) is 14.2. The van der Waals surface area contributed by atoms with Gasteiger partial charge < -0.3 is 9.64 Å². The lowest BCUT2D eigenvalue weighted by Gasteiger charge is -2.28. The number of ether oxygens (including phenoxy) is 1. The molecule has 24 heavy (non-hydrogen) atoms. The molecule has 0 N–H and O–H groups in total. The molecule has 8 heteroatoms. The maximum Gasteiger partial charge on any atom is 0.307 e. The highest BCUT2D eigenvalue weighted by Crippen LogP contribution is 2.19. The number of hydrogen-bond donors (Lipinski definition) is 0. The van der Waals surface area contributed by atoms with Gasteiger partial charge in [-0.2, -0.15) is 0 Å². The van der Waals surface area contributed by atoms with Crippen LogP contribution in [-0.2, 0) is 30.6 Å². The second kappa shape index (κ2) is 7.74. The fourth-order valence-corrected chi connectivity index (χ4v) is 4.46. The molecule has 1 fully saturated rings. The number of nitrogens with zero attached hydrogens (tertiary/aromatic N) is 1. The molecule has 0 aliphatic carbocycles. The largest absolute Gasteiger partial charge is 0.469 e. The van der Waals surface area contributed by atoms with Crippen molar-refractivity contribution in [2.24, 2.45) is 0 Å². The van der Waals surface area contributed by atoms with Crippen LogP contribution in [0.3, 0.4) is 0 Å². The average Bonchev–Trinajstić information content (AvgIpc) is 2.89. The molecule has 1 heterocycles. The molecule has 132 valence electrons. The molecule has 0 saturated carbocycles. The van der Waals surface area contributed by atoms with Crippen molar-refractivity contribution in [3.05, 3.63) is 35.6 Å². The number of methoxy groups -OCH3 is 1. The van der Waals surface area contributed by atoms with E-state index in [0.717, 1.165) is 0 Å². The number of sulfone groups is 1. The third kappa shape index (κ3) is 5.02. The normalized spacial score (nSPS) is 19.0. The summed E-state index contributed by atoms with van der Waals surface area (Å²) >= 11 is 0. The van der Waals surface area contributed by atoms with Crippen molar-refractivity contribution in [1.82, 2.24) is 4.90 Å². The molecule has 6 nitrogen and oxygen atoms in total. The molecular weight excluding hydrogens is 337 g/mol. The Morgan fingerprint density at radius 2 is 1.96 bits per heavy atom. The van der Waals surface area contributed by atoms with Crippen molar-refractivity contribution in [2.45, 2.75) is 25.3 Å². The maximum absolute atomic E-state index is 12.9. The van der Waals surface area contributed by atoms with E-state index in [2.05, 4.69) is 4.74 Å². The molecule has 1 aliphatic heterocycles. The summed E-state index contributed by atoms with van der Waals surface area (Å²) in [5.74, 6) is -1.20. The number of carbonyl (C=O) groups is 2. The number of rotatable bonds is 6. The third-order valence-corrected chi connectivity index (χ3v) is 5.77. The smallest absolute Gasteiger partial charge is 0.307 e. The minimum Gasteiger partial charge on any atom is -0.469 e. The predicted octanol–water partition coefficient (Wildman–Crippen LogP) is 0.947. The number of esters is 1. The highest BCUT2D eigenvalue weighted by molar-refractivity contribution is 7.91. The summed E-state index contributed by atoms with van der Waals surface area (Å²) in [6, 6.07) is 5.12. The van der Waals surface area contributed by atoms with Crippen molar-refractivity contribution in [3.8, 4) is 0 Å².